The van der Waals surface area contributed by atoms with Crippen LogP contribution < -0.4 is 21.5 Å². The topological polar surface area (TPSA) is 149 Å². The molecular formula is C36H38F2N6O7. The zero-order valence-corrected chi connectivity index (χ0v) is 28.6. The van der Waals surface area contributed by atoms with Crippen LogP contribution in [-0.4, -0.2) is 56.2 Å². The maximum atomic E-state index is 14.9. The number of halogens is 2. The molecule has 0 aliphatic carbocycles. The summed E-state index contributed by atoms with van der Waals surface area (Å²) < 4.78 is 37.2. The van der Waals surface area contributed by atoms with Crippen molar-refractivity contribution in [1.29, 1.82) is 0 Å². The quantitative estimate of drug-likeness (QED) is 0.185. The van der Waals surface area contributed by atoms with E-state index in [1.165, 1.54) is 41.0 Å². The standard InChI is InChI=1S/C36H38F2N6O7/c1-23-32(41-17-16-40(31(45)22-41)19-24-10-8-13-26(18-24)44(49)50)33(46)43(35(48)42(23)20-27-28(37)14-9-15-29(27)38)21-30(25-11-6-5-7-12-25)39-34(47)51-36(2,3)4/h5-15,18,30H,16-17,19-22H2,1-4H3,(H,39,47)/t30-/m0/s1. The van der Waals surface area contributed by atoms with Crippen LogP contribution in [0.3, 0.4) is 0 Å². The number of benzene rings is 3. The predicted octanol–water partition coefficient (Wildman–Crippen LogP) is 4.67. The molecule has 268 valence electrons. The summed E-state index contributed by atoms with van der Waals surface area (Å²) >= 11 is 0. The summed E-state index contributed by atoms with van der Waals surface area (Å²) in [6.45, 7) is 5.67. The van der Waals surface area contributed by atoms with Gasteiger partial charge in [0.15, 0.2) is 0 Å². The van der Waals surface area contributed by atoms with E-state index in [0.717, 1.165) is 21.3 Å². The molecule has 13 nitrogen and oxygen atoms in total. The van der Waals surface area contributed by atoms with Gasteiger partial charge in [-0.25, -0.2) is 18.4 Å². The van der Waals surface area contributed by atoms with Crippen LogP contribution in [0, 0.1) is 28.7 Å². The first kappa shape index (κ1) is 36.4. The highest BCUT2D eigenvalue weighted by molar-refractivity contribution is 5.83. The first-order valence-corrected chi connectivity index (χ1v) is 16.2. The number of ether oxygens (including phenoxy) is 1. The van der Waals surface area contributed by atoms with E-state index in [1.807, 2.05) is 0 Å². The summed E-state index contributed by atoms with van der Waals surface area (Å²) in [6, 6.07) is 16.9. The van der Waals surface area contributed by atoms with Crippen molar-refractivity contribution >= 4 is 23.4 Å². The molecule has 1 N–H and O–H groups in total. The lowest BCUT2D eigenvalue weighted by atomic mass is 10.1. The van der Waals surface area contributed by atoms with Crippen LogP contribution in [0.25, 0.3) is 0 Å². The Morgan fingerprint density at radius 1 is 0.941 bits per heavy atom. The number of nitro benzene ring substituents is 1. The average Bonchev–Trinajstić information content (AvgIpc) is 3.06. The lowest BCUT2D eigenvalue weighted by Crippen LogP contribution is -2.54. The Morgan fingerprint density at radius 2 is 1.61 bits per heavy atom. The number of carbonyl (C=O) groups excluding carboxylic acids is 2. The lowest BCUT2D eigenvalue weighted by molar-refractivity contribution is -0.384. The first-order chi connectivity index (χ1) is 24.1. The summed E-state index contributed by atoms with van der Waals surface area (Å²) in [6.07, 6.45) is -0.795. The van der Waals surface area contributed by atoms with Crippen molar-refractivity contribution in [2.45, 2.75) is 59.0 Å². The Balaban J connectivity index is 1.55. The van der Waals surface area contributed by atoms with Gasteiger partial charge in [0, 0.05) is 43.0 Å². The van der Waals surface area contributed by atoms with Crippen LogP contribution in [-0.2, 0) is 29.2 Å². The number of alkyl carbamates (subject to hydrolysis) is 1. The highest BCUT2D eigenvalue weighted by Gasteiger charge is 2.31. The molecule has 1 fully saturated rings. The minimum atomic E-state index is -0.950. The van der Waals surface area contributed by atoms with Crippen molar-refractivity contribution < 1.29 is 28.0 Å². The molecule has 0 spiro atoms. The second-order valence-corrected chi connectivity index (χ2v) is 13.2. The molecule has 1 aliphatic heterocycles. The molecule has 4 aromatic rings. The Kier molecular flexibility index (Phi) is 10.7. The number of hydrogen-bond donors (Lipinski definition) is 1. The van der Waals surface area contributed by atoms with E-state index in [-0.39, 0.29) is 55.7 Å². The predicted molar refractivity (Wildman–Crippen MR) is 184 cm³/mol. The van der Waals surface area contributed by atoms with Gasteiger partial charge < -0.3 is 19.9 Å². The van der Waals surface area contributed by atoms with Gasteiger partial charge in [0.1, 0.15) is 22.9 Å². The number of non-ortho nitro benzene ring substituents is 1. The third-order valence-electron chi connectivity index (χ3n) is 8.42. The minimum absolute atomic E-state index is 0.0289. The molecular weight excluding hydrogens is 666 g/mol. The normalized spacial score (nSPS) is 14.0. The number of aromatic nitrogens is 2. The number of hydrogen-bond acceptors (Lipinski definition) is 8. The van der Waals surface area contributed by atoms with Crippen molar-refractivity contribution in [3.05, 3.63) is 138 Å². The van der Waals surface area contributed by atoms with Gasteiger partial charge in [0.05, 0.1) is 30.6 Å². The summed E-state index contributed by atoms with van der Waals surface area (Å²) in [4.78, 5) is 68.6. The van der Waals surface area contributed by atoms with E-state index < -0.39 is 57.7 Å². The lowest BCUT2D eigenvalue weighted by Gasteiger charge is -2.36. The molecule has 0 bridgehead atoms. The number of anilines is 1. The van der Waals surface area contributed by atoms with E-state index in [2.05, 4.69) is 5.32 Å². The monoisotopic (exact) mass is 704 g/mol. The fraction of sp³-hybridized carbons (Fsp3) is 0.333. The Bertz CT molecular complexity index is 2060. The van der Waals surface area contributed by atoms with Gasteiger partial charge in [-0.05, 0) is 51.0 Å². The van der Waals surface area contributed by atoms with Gasteiger partial charge in [-0.3, -0.25) is 28.8 Å². The van der Waals surface area contributed by atoms with E-state index in [0.29, 0.717) is 11.1 Å². The molecule has 1 atom stereocenters. The van der Waals surface area contributed by atoms with Crippen LogP contribution in [0.2, 0.25) is 0 Å². The van der Waals surface area contributed by atoms with Crippen molar-refractivity contribution in [3.63, 3.8) is 0 Å². The summed E-state index contributed by atoms with van der Waals surface area (Å²) in [5, 5.41) is 14.0. The van der Waals surface area contributed by atoms with E-state index in [4.69, 9.17) is 4.74 Å². The van der Waals surface area contributed by atoms with Crippen LogP contribution in [0.5, 0.6) is 0 Å². The van der Waals surface area contributed by atoms with Gasteiger partial charge in [-0.2, -0.15) is 0 Å². The number of piperazine rings is 1. The maximum Gasteiger partial charge on any atom is 0.408 e. The summed E-state index contributed by atoms with van der Waals surface area (Å²) in [7, 11) is 0. The van der Waals surface area contributed by atoms with Crippen molar-refractivity contribution in [3.8, 4) is 0 Å². The highest BCUT2D eigenvalue weighted by atomic mass is 19.1. The van der Waals surface area contributed by atoms with E-state index in [9.17, 15) is 38.1 Å². The highest BCUT2D eigenvalue weighted by Crippen LogP contribution is 2.23. The minimum Gasteiger partial charge on any atom is -0.444 e. The zero-order valence-electron chi connectivity index (χ0n) is 28.6. The van der Waals surface area contributed by atoms with E-state index in [1.54, 1.807) is 57.2 Å². The maximum absolute atomic E-state index is 14.9. The number of nitro groups is 1. The second kappa shape index (κ2) is 14.9. The Morgan fingerprint density at radius 3 is 2.24 bits per heavy atom. The number of carbonyl (C=O) groups is 2. The zero-order chi connectivity index (χ0) is 37.0. The molecule has 0 unspecified atom stereocenters. The molecule has 15 heteroatoms. The van der Waals surface area contributed by atoms with Gasteiger partial charge in [0.25, 0.3) is 11.2 Å². The molecule has 51 heavy (non-hydrogen) atoms. The number of nitrogens with zero attached hydrogens (tertiary/aromatic N) is 5. The largest absolute Gasteiger partial charge is 0.444 e. The smallest absolute Gasteiger partial charge is 0.408 e. The van der Waals surface area contributed by atoms with Gasteiger partial charge in [0.2, 0.25) is 5.91 Å². The third kappa shape index (κ3) is 8.48. The number of rotatable bonds is 10. The fourth-order valence-corrected chi connectivity index (χ4v) is 5.95. The molecule has 0 saturated carbocycles. The molecule has 3 aromatic carbocycles. The van der Waals surface area contributed by atoms with Crippen LogP contribution in [0.4, 0.5) is 25.0 Å². The van der Waals surface area contributed by atoms with Crippen molar-refractivity contribution in [2.24, 2.45) is 0 Å². The average molecular weight is 705 g/mol. The first-order valence-electron chi connectivity index (χ1n) is 16.2. The van der Waals surface area contributed by atoms with Gasteiger partial charge in [-0.15, -0.1) is 0 Å². The number of amides is 2. The molecule has 2 heterocycles. The van der Waals surface area contributed by atoms with Gasteiger partial charge >= 0.3 is 11.8 Å². The fourth-order valence-electron chi connectivity index (χ4n) is 5.95. The summed E-state index contributed by atoms with van der Waals surface area (Å²) in [5.41, 5.74) is -1.86. The van der Waals surface area contributed by atoms with Crippen LogP contribution in [0.1, 0.15) is 49.2 Å². The molecule has 1 saturated heterocycles. The van der Waals surface area contributed by atoms with Gasteiger partial charge in [-0.1, -0.05) is 48.5 Å². The SMILES string of the molecule is Cc1c(N2CCN(Cc3cccc([N+](=O)[O-])c3)C(=O)C2)c(=O)n(C[C@H](NC(=O)OC(C)(C)C)c2ccccc2)c(=O)n1Cc1c(F)cccc1F. The molecule has 0 radical (unpaired) electrons. The van der Waals surface area contributed by atoms with Crippen LogP contribution in [0.15, 0.2) is 82.4 Å². The van der Waals surface area contributed by atoms with Crippen LogP contribution >= 0.6 is 0 Å². The molecule has 5 rings (SSSR count). The molecule has 1 aliphatic rings. The number of nitrogens with one attached hydrogen (secondary N) is 1. The van der Waals surface area contributed by atoms with E-state index >= 15 is 0 Å². The Hall–Kier alpha value is -5.86. The second-order valence-electron chi connectivity index (χ2n) is 13.2. The molecule has 2 amide bonds. The third-order valence-corrected chi connectivity index (χ3v) is 8.42. The summed E-state index contributed by atoms with van der Waals surface area (Å²) in [5.74, 6) is -2.16. The Labute approximate surface area is 291 Å². The van der Waals surface area contributed by atoms with Crippen molar-refractivity contribution in [1.82, 2.24) is 19.4 Å². The van der Waals surface area contributed by atoms with Crippen molar-refractivity contribution in [2.75, 3.05) is 24.5 Å². The molecule has 1 aromatic heterocycles.